The molecule has 0 saturated carbocycles. The van der Waals surface area contributed by atoms with E-state index >= 15 is 0 Å². The molecule has 0 radical (unpaired) electrons. The van der Waals surface area contributed by atoms with Crippen molar-refractivity contribution in [3.63, 3.8) is 0 Å². The van der Waals surface area contributed by atoms with Crippen molar-refractivity contribution in [2.45, 2.75) is 58.4 Å². The van der Waals surface area contributed by atoms with E-state index in [9.17, 15) is 0 Å². The van der Waals surface area contributed by atoms with E-state index in [0.717, 1.165) is 5.92 Å². The summed E-state index contributed by atoms with van der Waals surface area (Å²) in [4.78, 5) is 5.35. The summed E-state index contributed by atoms with van der Waals surface area (Å²) in [7, 11) is 0. The maximum absolute atomic E-state index is 3.66. The van der Waals surface area contributed by atoms with Gasteiger partial charge in [0.2, 0.25) is 0 Å². The molecule has 118 valence electrons. The monoisotopic (exact) mass is 281 g/mol. The van der Waals surface area contributed by atoms with Gasteiger partial charge in [0.25, 0.3) is 0 Å². The minimum absolute atomic E-state index is 0.269. The number of rotatable bonds is 5. The fourth-order valence-corrected chi connectivity index (χ4v) is 3.33. The van der Waals surface area contributed by atoms with E-state index < -0.39 is 0 Å². The van der Waals surface area contributed by atoms with Gasteiger partial charge in [0.1, 0.15) is 0 Å². The molecular weight excluding hydrogens is 246 g/mol. The third kappa shape index (κ3) is 6.11. The van der Waals surface area contributed by atoms with E-state index in [1.54, 1.807) is 0 Å². The van der Waals surface area contributed by atoms with Crippen molar-refractivity contribution in [2.24, 2.45) is 5.92 Å². The van der Waals surface area contributed by atoms with Gasteiger partial charge in [-0.3, -0.25) is 0 Å². The van der Waals surface area contributed by atoms with Gasteiger partial charge in [-0.1, -0.05) is 6.42 Å². The van der Waals surface area contributed by atoms with Crippen LogP contribution in [0.1, 0.15) is 52.9 Å². The van der Waals surface area contributed by atoms with Gasteiger partial charge in [-0.05, 0) is 85.1 Å². The van der Waals surface area contributed by atoms with Crippen molar-refractivity contribution in [2.75, 3.05) is 45.8 Å². The Morgan fingerprint density at radius 1 is 0.850 bits per heavy atom. The SMILES string of the molecule is CC(C)(C)NCC1CCN(CCN2CCCCC2)CC1. The smallest absolute Gasteiger partial charge is 0.0109 e. The van der Waals surface area contributed by atoms with Crippen LogP contribution in [0.3, 0.4) is 0 Å². The third-order valence-corrected chi connectivity index (χ3v) is 4.81. The molecule has 20 heavy (non-hydrogen) atoms. The van der Waals surface area contributed by atoms with Gasteiger partial charge >= 0.3 is 0 Å². The molecule has 3 heteroatoms. The molecule has 2 fully saturated rings. The van der Waals surface area contributed by atoms with Crippen molar-refractivity contribution in [3.8, 4) is 0 Å². The fourth-order valence-electron chi connectivity index (χ4n) is 3.33. The molecule has 0 amide bonds. The van der Waals surface area contributed by atoms with Crippen molar-refractivity contribution in [1.29, 1.82) is 0 Å². The van der Waals surface area contributed by atoms with Crippen LogP contribution < -0.4 is 5.32 Å². The van der Waals surface area contributed by atoms with Crippen LogP contribution in [-0.2, 0) is 0 Å². The summed E-state index contributed by atoms with van der Waals surface area (Å²) in [5, 5.41) is 3.66. The molecule has 2 saturated heterocycles. The summed E-state index contributed by atoms with van der Waals surface area (Å²) < 4.78 is 0. The first-order valence-corrected chi connectivity index (χ1v) is 8.73. The summed E-state index contributed by atoms with van der Waals surface area (Å²) in [5.74, 6) is 0.889. The van der Waals surface area contributed by atoms with Crippen molar-refractivity contribution < 1.29 is 0 Å². The van der Waals surface area contributed by atoms with Gasteiger partial charge in [-0.15, -0.1) is 0 Å². The molecule has 0 bridgehead atoms. The second kappa shape index (κ2) is 7.77. The van der Waals surface area contributed by atoms with E-state index in [1.807, 2.05) is 0 Å². The second-order valence-corrected chi connectivity index (χ2v) is 7.82. The zero-order valence-corrected chi connectivity index (χ0v) is 14.0. The summed E-state index contributed by atoms with van der Waals surface area (Å²) in [6.45, 7) is 15.9. The molecule has 0 spiro atoms. The summed E-state index contributed by atoms with van der Waals surface area (Å²) in [6, 6.07) is 0. The molecule has 0 aromatic heterocycles. The number of nitrogens with zero attached hydrogens (tertiary/aromatic N) is 2. The minimum Gasteiger partial charge on any atom is -0.312 e. The molecule has 0 aliphatic carbocycles. The predicted molar refractivity (Wildman–Crippen MR) is 87.2 cm³/mol. The average molecular weight is 281 g/mol. The Bertz CT molecular complexity index is 258. The largest absolute Gasteiger partial charge is 0.312 e. The number of piperidine rings is 2. The summed E-state index contributed by atoms with van der Waals surface area (Å²) in [6.07, 6.45) is 7.04. The molecule has 1 N–H and O–H groups in total. The maximum atomic E-state index is 3.66. The van der Waals surface area contributed by atoms with Gasteiger partial charge in [-0.2, -0.15) is 0 Å². The standard InChI is InChI=1S/C17H35N3/c1-17(2,3)18-15-16-7-11-20(12-8-16)14-13-19-9-5-4-6-10-19/h16,18H,4-15H2,1-3H3. The van der Waals surface area contributed by atoms with Crippen LogP contribution in [0.5, 0.6) is 0 Å². The van der Waals surface area contributed by atoms with Gasteiger partial charge in [0, 0.05) is 18.6 Å². The molecule has 2 aliphatic rings. The second-order valence-electron chi connectivity index (χ2n) is 7.82. The number of hydrogen-bond donors (Lipinski definition) is 1. The van der Waals surface area contributed by atoms with Crippen LogP contribution in [-0.4, -0.2) is 61.2 Å². The Labute approximate surface area is 126 Å². The number of likely N-dealkylation sites (tertiary alicyclic amines) is 2. The van der Waals surface area contributed by atoms with Crippen LogP contribution in [0.4, 0.5) is 0 Å². The van der Waals surface area contributed by atoms with Crippen LogP contribution >= 0.6 is 0 Å². The van der Waals surface area contributed by atoms with E-state index in [-0.39, 0.29) is 5.54 Å². The van der Waals surface area contributed by atoms with Crippen LogP contribution in [0.15, 0.2) is 0 Å². The van der Waals surface area contributed by atoms with E-state index in [0.29, 0.717) is 0 Å². The topological polar surface area (TPSA) is 18.5 Å². The number of nitrogens with one attached hydrogen (secondary N) is 1. The first-order valence-electron chi connectivity index (χ1n) is 8.73. The molecule has 2 rings (SSSR count). The quantitative estimate of drug-likeness (QED) is 0.835. The lowest BCUT2D eigenvalue weighted by Crippen LogP contribution is -2.44. The average Bonchev–Trinajstić information content (AvgIpc) is 2.44. The number of hydrogen-bond acceptors (Lipinski definition) is 3. The minimum atomic E-state index is 0.269. The molecule has 0 aromatic carbocycles. The van der Waals surface area contributed by atoms with E-state index in [4.69, 9.17) is 0 Å². The Hall–Kier alpha value is -0.120. The normalized spacial score (nSPS) is 24.1. The van der Waals surface area contributed by atoms with Gasteiger partial charge in [0.05, 0.1) is 0 Å². The molecule has 2 aliphatic heterocycles. The van der Waals surface area contributed by atoms with Gasteiger partial charge < -0.3 is 15.1 Å². The molecule has 0 aromatic rings. The fraction of sp³-hybridized carbons (Fsp3) is 1.00. The lowest BCUT2D eigenvalue weighted by molar-refractivity contribution is 0.142. The molecular formula is C17H35N3. The lowest BCUT2D eigenvalue weighted by Gasteiger charge is -2.35. The first kappa shape index (κ1) is 16.3. The molecule has 0 unspecified atom stereocenters. The molecule has 0 atom stereocenters. The Balaban J connectivity index is 1.57. The van der Waals surface area contributed by atoms with Crippen molar-refractivity contribution in [1.82, 2.24) is 15.1 Å². The van der Waals surface area contributed by atoms with Gasteiger partial charge in [-0.25, -0.2) is 0 Å². The zero-order valence-electron chi connectivity index (χ0n) is 14.0. The van der Waals surface area contributed by atoms with E-state index in [1.165, 1.54) is 77.9 Å². The highest BCUT2D eigenvalue weighted by atomic mass is 15.2. The Kier molecular flexibility index (Phi) is 6.31. The highest BCUT2D eigenvalue weighted by Gasteiger charge is 2.21. The maximum Gasteiger partial charge on any atom is 0.0109 e. The van der Waals surface area contributed by atoms with Gasteiger partial charge in [0.15, 0.2) is 0 Å². The molecule has 3 nitrogen and oxygen atoms in total. The zero-order chi connectivity index (χ0) is 14.4. The summed E-state index contributed by atoms with van der Waals surface area (Å²) in [5.41, 5.74) is 0.269. The predicted octanol–water partition coefficient (Wildman–Crippen LogP) is 2.57. The Morgan fingerprint density at radius 2 is 1.40 bits per heavy atom. The van der Waals surface area contributed by atoms with Crippen molar-refractivity contribution in [3.05, 3.63) is 0 Å². The summed E-state index contributed by atoms with van der Waals surface area (Å²) >= 11 is 0. The molecule has 2 heterocycles. The van der Waals surface area contributed by atoms with Crippen LogP contribution in [0.25, 0.3) is 0 Å². The highest BCUT2D eigenvalue weighted by molar-refractivity contribution is 4.78. The van der Waals surface area contributed by atoms with E-state index in [2.05, 4.69) is 35.9 Å². The first-order chi connectivity index (χ1) is 9.53. The third-order valence-electron chi connectivity index (χ3n) is 4.81. The lowest BCUT2D eigenvalue weighted by atomic mass is 9.95. The highest BCUT2D eigenvalue weighted by Crippen LogP contribution is 2.17. The Morgan fingerprint density at radius 3 is 1.95 bits per heavy atom. The van der Waals surface area contributed by atoms with Crippen LogP contribution in [0.2, 0.25) is 0 Å². The van der Waals surface area contributed by atoms with Crippen LogP contribution in [0, 0.1) is 5.92 Å². The van der Waals surface area contributed by atoms with Crippen molar-refractivity contribution >= 4 is 0 Å².